The monoisotopic (exact) mass is 170 g/mol. The summed E-state index contributed by atoms with van der Waals surface area (Å²) >= 11 is 1.63. The van der Waals surface area contributed by atoms with E-state index in [1.807, 2.05) is 0 Å². The summed E-state index contributed by atoms with van der Waals surface area (Å²) < 4.78 is 0. The van der Waals surface area contributed by atoms with Gasteiger partial charge in [-0.2, -0.15) is 0 Å². The Balaban J connectivity index is 2.32. The van der Waals surface area contributed by atoms with Gasteiger partial charge in [-0.05, 0) is 6.42 Å². The van der Waals surface area contributed by atoms with E-state index >= 15 is 0 Å². The van der Waals surface area contributed by atoms with E-state index in [2.05, 4.69) is 10.3 Å². The predicted octanol–water partition coefficient (Wildman–Crippen LogP) is 0.281. The SMILES string of the molecule is OCc1nc2c(s1)CCNC2. The Morgan fingerprint density at radius 3 is 3.27 bits per heavy atom. The molecule has 0 unspecified atom stereocenters. The molecule has 4 heteroatoms. The normalized spacial score (nSPS) is 16.5. The van der Waals surface area contributed by atoms with Crippen molar-refractivity contribution in [1.82, 2.24) is 10.3 Å². The van der Waals surface area contributed by atoms with Gasteiger partial charge in [-0.1, -0.05) is 0 Å². The minimum atomic E-state index is 0.0810. The summed E-state index contributed by atoms with van der Waals surface area (Å²) in [5.41, 5.74) is 1.13. The number of thiazole rings is 1. The Kier molecular flexibility index (Phi) is 1.89. The number of aliphatic hydroxyl groups is 1. The fraction of sp³-hybridized carbons (Fsp3) is 0.571. The molecule has 2 heterocycles. The maximum Gasteiger partial charge on any atom is 0.119 e. The van der Waals surface area contributed by atoms with Crippen LogP contribution in [0, 0.1) is 0 Å². The lowest BCUT2D eigenvalue weighted by atomic mass is 10.2. The highest BCUT2D eigenvalue weighted by molar-refractivity contribution is 7.11. The van der Waals surface area contributed by atoms with Gasteiger partial charge in [0.05, 0.1) is 12.3 Å². The Morgan fingerprint density at radius 2 is 2.55 bits per heavy atom. The van der Waals surface area contributed by atoms with Crippen molar-refractivity contribution in [3.63, 3.8) is 0 Å². The van der Waals surface area contributed by atoms with Gasteiger partial charge in [-0.25, -0.2) is 4.98 Å². The molecule has 0 atom stereocenters. The van der Waals surface area contributed by atoms with Crippen molar-refractivity contribution in [1.29, 1.82) is 0 Å². The van der Waals surface area contributed by atoms with Crippen molar-refractivity contribution in [2.75, 3.05) is 6.54 Å². The first-order chi connectivity index (χ1) is 5.40. The van der Waals surface area contributed by atoms with Gasteiger partial charge in [0.15, 0.2) is 0 Å². The second-order valence-electron chi connectivity index (χ2n) is 2.56. The average molecular weight is 170 g/mol. The van der Waals surface area contributed by atoms with Crippen LogP contribution in [0.5, 0.6) is 0 Å². The maximum absolute atomic E-state index is 8.81. The molecule has 1 aliphatic heterocycles. The molecule has 60 valence electrons. The van der Waals surface area contributed by atoms with Crippen molar-refractivity contribution in [3.05, 3.63) is 15.6 Å². The van der Waals surface area contributed by atoms with Crippen LogP contribution in [0.2, 0.25) is 0 Å². The third-order valence-corrected chi connectivity index (χ3v) is 2.92. The summed E-state index contributed by atoms with van der Waals surface area (Å²) in [6, 6.07) is 0. The average Bonchev–Trinajstić information content (AvgIpc) is 2.46. The number of hydrogen-bond donors (Lipinski definition) is 2. The zero-order valence-corrected chi connectivity index (χ0v) is 6.95. The number of rotatable bonds is 1. The molecule has 1 aliphatic rings. The molecule has 0 spiro atoms. The van der Waals surface area contributed by atoms with Crippen molar-refractivity contribution in [2.45, 2.75) is 19.6 Å². The molecule has 0 aromatic carbocycles. The lowest BCUT2D eigenvalue weighted by Gasteiger charge is -2.09. The van der Waals surface area contributed by atoms with Gasteiger partial charge in [0.25, 0.3) is 0 Å². The van der Waals surface area contributed by atoms with Gasteiger partial charge < -0.3 is 10.4 Å². The predicted molar refractivity (Wildman–Crippen MR) is 43.4 cm³/mol. The largest absolute Gasteiger partial charge is 0.389 e. The summed E-state index contributed by atoms with van der Waals surface area (Å²) in [7, 11) is 0. The molecule has 0 saturated carbocycles. The van der Waals surface area contributed by atoms with Gasteiger partial charge in [-0.3, -0.25) is 0 Å². The van der Waals surface area contributed by atoms with E-state index in [0.29, 0.717) is 0 Å². The van der Waals surface area contributed by atoms with Crippen LogP contribution >= 0.6 is 11.3 Å². The molecule has 0 amide bonds. The minimum Gasteiger partial charge on any atom is -0.389 e. The van der Waals surface area contributed by atoms with E-state index in [1.54, 1.807) is 11.3 Å². The van der Waals surface area contributed by atoms with E-state index in [9.17, 15) is 0 Å². The van der Waals surface area contributed by atoms with Crippen LogP contribution in [-0.2, 0) is 19.6 Å². The van der Waals surface area contributed by atoms with Gasteiger partial charge in [-0.15, -0.1) is 11.3 Å². The van der Waals surface area contributed by atoms with Crippen LogP contribution in [0.3, 0.4) is 0 Å². The number of aliphatic hydroxyl groups excluding tert-OH is 1. The van der Waals surface area contributed by atoms with E-state index in [0.717, 1.165) is 30.2 Å². The topological polar surface area (TPSA) is 45.2 Å². The minimum absolute atomic E-state index is 0.0810. The molecular formula is C7H10N2OS. The van der Waals surface area contributed by atoms with E-state index in [1.165, 1.54) is 4.88 Å². The van der Waals surface area contributed by atoms with Crippen LogP contribution < -0.4 is 5.32 Å². The molecule has 1 aromatic heterocycles. The van der Waals surface area contributed by atoms with Gasteiger partial charge in [0.1, 0.15) is 5.01 Å². The fourth-order valence-corrected chi connectivity index (χ4v) is 2.19. The number of aromatic nitrogens is 1. The molecule has 11 heavy (non-hydrogen) atoms. The van der Waals surface area contributed by atoms with Crippen molar-refractivity contribution in [3.8, 4) is 0 Å². The lowest BCUT2D eigenvalue weighted by molar-refractivity contribution is 0.281. The lowest BCUT2D eigenvalue weighted by Crippen LogP contribution is -2.22. The summed E-state index contributed by atoms with van der Waals surface area (Å²) in [5, 5.41) is 12.9. The first-order valence-electron chi connectivity index (χ1n) is 3.69. The van der Waals surface area contributed by atoms with Gasteiger partial charge in [0.2, 0.25) is 0 Å². The zero-order valence-electron chi connectivity index (χ0n) is 6.13. The molecule has 0 bridgehead atoms. The molecule has 2 N–H and O–H groups in total. The first-order valence-corrected chi connectivity index (χ1v) is 4.51. The molecule has 1 aromatic rings. The fourth-order valence-electron chi connectivity index (χ4n) is 1.25. The highest BCUT2D eigenvalue weighted by Crippen LogP contribution is 2.21. The third kappa shape index (κ3) is 1.29. The molecule has 3 nitrogen and oxygen atoms in total. The summed E-state index contributed by atoms with van der Waals surface area (Å²) in [4.78, 5) is 5.62. The first kappa shape index (κ1) is 7.21. The van der Waals surface area contributed by atoms with Crippen LogP contribution in [-0.4, -0.2) is 16.6 Å². The standard InChI is InChI=1S/C7H10N2OS/c10-4-7-9-5-3-8-2-1-6(5)11-7/h8,10H,1-4H2. The molecule has 0 fully saturated rings. The van der Waals surface area contributed by atoms with E-state index in [-0.39, 0.29) is 6.61 Å². The second kappa shape index (κ2) is 2.89. The molecular weight excluding hydrogens is 160 g/mol. The molecule has 0 saturated heterocycles. The number of fused-ring (bicyclic) bond motifs is 1. The number of hydrogen-bond acceptors (Lipinski definition) is 4. The van der Waals surface area contributed by atoms with Crippen molar-refractivity contribution in [2.24, 2.45) is 0 Å². The highest BCUT2D eigenvalue weighted by atomic mass is 32.1. The van der Waals surface area contributed by atoms with Crippen molar-refractivity contribution < 1.29 is 5.11 Å². The molecule has 0 aliphatic carbocycles. The van der Waals surface area contributed by atoms with Crippen LogP contribution in [0.1, 0.15) is 15.6 Å². The van der Waals surface area contributed by atoms with Gasteiger partial charge in [0, 0.05) is 18.0 Å². The molecule has 2 rings (SSSR count). The summed E-state index contributed by atoms with van der Waals surface area (Å²) in [6.45, 7) is 1.99. The van der Waals surface area contributed by atoms with Crippen LogP contribution in [0.25, 0.3) is 0 Å². The number of nitrogens with one attached hydrogen (secondary N) is 1. The smallest absolute Gasteiger partial charge is 0.119 e. The van der Waals surface area contributed by atoms with Crippen molar-refractivity contribution >= 4 is 11.3 Å². The highest BCUT2D eigenvalue weighted by Gasteiger charge is 2.13. The van der Waals surface area contributed by atoms with E-state index < -0.39 is 0 Å². The maximum atomic E-state index is 8.81. The Labute approximate surface area is 69.1 Å². The second-order valence-corrected chi connectivity index (χ2v) is 3.73. The van der Waals surface area contributed by atoms with E-state index in [4.69, 9.17) is 5.11 Å². The Morgan fingerprint density at radius 1 is 1.64 bits per heavy atom. The quantitative estimate of drug-likeness (QED) is 0.636. The Bertz CT molecular complexity index is 235. The number of nitrogens with zero attached hydrogens (tertiary/aromatic N) is 1. The summed E-state index contributed by atoms with van der Waals surface area (Å²) in [5.74, 6) is 0. The summed E-state index contributed by atoms with van der Waals surface area (Å²) in [6.07, 6.45) is 1.06. The zero-order chi connectivity index (χ0) is 7.68. The van der Waals surface area contributed by atoms with Crippen LogP contribution in [0.15, 0.2) is 0 Å². The van der Waals surface area contributed by atoms with Crippen LogP contribution in [0.4, 0.5) is 0 Å². The van der Waals surface area contributed by atoms with Gasteiger partial charge >= 0.3 is 0 Å². The third-order valence-electron chi connectivity index (χ3n) is 1.78. The molecule has 0 radical (unpaired) electrons. The Hall–Kier alpha value is -0.450.